The number of anilines is 2. The van der Waals surface area contributed by atoms with Gasteiger partial charge in [0.05, 0.1) is 27.0 Å². The van der Waals surface area contributed by atoms with Gasteiger partial charge in [0.15, 0.2) is 21.7 Å². The van der Waals surface area contributed by atoms with Crippen LogP contribution in [0.3, 0.4) is 0 Å². The Bertz CT molecular complexity index is 1460. The van der Waals surface area contributed by atoms with Crippen LogP contribution in [0.25, 0.3) is 0 Å². The molecule has 0 heterocycles. The Hall–Kier alpha value is -2.41. The average molecular weight is 729 g/mol. The molecule has 238 valence electrons. The van der Waals surface area contributed by atoms with Gasteiger partial charge in [-0.25, -0.2) is 0 Å². The second-order valence-corrected chi connectivity index (χ2v) is 12.4. The predicted octanol–water partition coefficient (Wildman–Crippen LogP) is 9.77. The molecular formula is C29H29Cl4F3N4O2S2. The van der Waals surface area contributed by atoms with Gasteiger partial charge in [0.2, 0.25) is 0 Å². The van der Waals surface area contributed by atoms with Gasteiger partial charge in [0.25, 0.3) is 0 Å². The van der Waals surface area contributed by atoms with Crippen molar-refractivity contribution in [1.82, 2.24) is 10.6 Å². The summed E-state index contributed by atoms with van der Waals surface area (Å²) in [6.07, 6.45) is 2.09. The SMILES string of the molecule is Oc1c(Cl)cc(Cl)cc1NC(=S)NCC1CCCCC1.Oc1c(Cl)cc(Cl)cc1NC(=S)NCc1ccc(C(F)(F)F)cc1. The van der Waals surface area contributed by atoms with Crippen LogP contribution < -0.4 is 21.3 Å². The molecule has 0 radical (unpaired) electrons. The molecule has 0 saturated heterocycles. The van der Waals surface area contributed by atoms with Crippen molar-refractivity contribution in [3.05, 3.63) is 79.7 Å². The van der Waals surface area contributed by atoms with Gasteiger partial charge in [-0.3, -0.25) is 0 Å². The van der Waals surface area contributed by atoms with Gasteiger partial charge in [0.1, 0.15) is 0 Å². The first-order chi connectivity index (χ1) is 20.7. The van der Waals surface area contributed by atoms with E-state index in [1.165, 1.54) is 62.4 Å². The summed E-state index contributed by atoms with van der Waals surface area (Å²) in [5.74, 6) is 0.428. The minimum atomic E-state index is -4.37. The number of phenols is 2. The van der Waals surface area contributed by atoms with E-state index < -0.39 is 11.7 Å². The highest BCUT2D eigenvalue weighted by Gasteiger charge is 2.29. The molecule has 0 unspecified atom stereocenters. The van der Waals surface area contributed by atoms with E-state index in [0.717, 1.165) is 18.7 Å². The lowest BCUT2D eigenvalue weighted by molar-refractivity contribution is -0.137. The van der Waals surface area contributed by atoms with Crippen LogP contribution >= 0.6 is 70.8 Å². The van der Waals surface area contributed by atoms with Crippen LogP contribution in [-0.2, 0) is 12.7 Å². The van der Waals surface area contributed by atoms with E-state index in [2.05, 4.69) is 21.3 Å². The molecule has 44 heavy (non-hydrogen) atoms. The second-order valence-electron chi connectivity index (χ2n) is 9.91. The van der Waals surface area contributed by atoms with E-state index in [4.69, 9.17) is 70.8 Å². The van der Waals surface area contributed by atoms with Crippen molar-refractivity contribution in [2.45, 2.75) is 44.8 Å². The lowest BCUT2D eigenvalue weighted by atomic mass is 9.89. The summed E-state index contributed by atoms with van der Waals surface area (Å²) in [6, 6.07) is 10.6. The number of aromatic hydroxyl groups is 2. The number of halogens is 7. The molecule has 0 bridgehead atoms. The number of benzene rings is 3. The number of hydrogen-bond donors (Lipinski definition) is 6. The van der Waals surface area contributed by atoms with Crippen LogP contribution in [0.1, 0.15) is 43.2 Å². The van der Waals surface area contributed by atoms with Gasteiger partial charge in [-0.2, -0.15) is 13.2 Å². The largest absolute Gasteiger partial charge is 0.504 e. The second kappa shape index (κ2) is 16.8. The lowest BCUT2D eigenvalue weighted by Gasteiger charge is -2.22. The first-order valence-electron chi connectivity index (χ1n) is 13.3. The van der Waals surface area contributed by atoms with Gasteiger partial charge in [-0.15, -0.1) is 0 Å². The third kappa shape index (κ3) is 11.5. The molecule has 0 aromatic heterocycles. The van der Waals surface area contributed by atoms with Crippen molar-refractivity contribution >= 4 is 92.4 Å². The van der Waals surface area contributed by atoms with E-state index in [1.54, 1.807) is 6.07 Å². The molecular weight excluding hydrogens is 699 g/mol. The van der Waals surface area contributed by atoms with E-state index in [-0.39, 0.29) is 38.9 Å². The number of rotatable bonds is 6. The summed E-state index contributed by atoms with van der Waals surface area (Å²) in [5, 5.41) is 33.0. The topological polar surface area (TPSA) is 88.6 Å². The molecule has 0 atom stereocenters. The van der Waals surface area contributed by atoms with Crippen LogP contribution in [0, 0.1) is 5.92 Å². The van der Waals surface area contributed by atoms with Gasteiger partial charge in [-0.05, 0) is 85.2 Å². The lowest BCUT2D eigenvalue weighted by Crippen LogP contribution is -2.33. The molecule has 6 nitrogen and oxygen atoms in total. The summed E-state index contributed by atoms with van der Waals surface area (Å²) < 4.78 is 37.5. The quantitative estimate of drug-likeness (QED) is 0.111. The van der Waals surface area contributed by atoms with Gasteiger partial charge < -0.3 is 31.5 Å². The molecule has 15 heteroatoms. The number of alkyl halides is 3. The van der Waals surface area contributed by atoms with Gasteiger partial charge in [-0.1, -0.05) is 77.8 Å². The third-order valence-electron chi connectivity index (χ3n) is 6.56. The Morgan fingerprint density at radius 1 is 0.750 bits per heavy atom. The predicted molar refractivity (Wildman–Crippen MR) is 182 cm³/mol. The average Bonchev–Trinajstić information content (AvgIpc) is 2.96. The van der Waals surface area contributed by atoms with E-state index in [0.29, 0.717) is 32.3 Å². The smallest absolute Gasteiger partial charge is 0.416 e. The Morgan fingerprint density at radius 2 is 1.23 bits per heavy atom. The van der Waals surface area contributed by atoms with E-state index in [1.807, 2.05) is 0 Å². The van der Waals surface area contributed by atoms with Crippen molar-refractivity contribution in [3.63, 3.8) is 0 Å². The van der Waals surface area contributed by atoms with Crippen LogP contribution in [-0.4, -0.2) is 27.0 Å². The van der Waals surface area contributed by atoms with Gasteiger partial charge >= 0.3 is 6.18 Å². The molecule has 0 aliphatic heterocycles. The van der Waals surface area contributed by atoms with Crippen LogP contribution in [0.4, 0.5) is 24.5 Å². The van der Waals surface area contributed by atoms with Crippen LogP contribution in [0.15, 0.2) is 48.5 Å². The Kier molecular flexibility index (Phi) is 13.7. The molecule has 0 spiro atoms. The molecule has 6 N–H and O–H groups in total. The molecule has 1 saturated carbocycles. The zero-order valence-electron chi connectivity index (χ0n) is 23.0. The molecule has 3 aromatic carbocycles. The standard InChI is InChI=1S/C15H11Cl2F3N2OS.C14H18Cl2N2OS/c16-10-5-11(17)13(23)12(6-10)22-14(24)21-7-8-1-3-9(4-2-8)15(18,19)20;15-10-6-11(16)13(19)12(7-10)18-14(20)17-8-9-4-2-1-3-5-9/h1-6,23H,7H2,(H2,21,22,24);6-7,9,19H,1-5,8H2,(H2,17,18,20). The van der Waals surface area contributed by atoms with Crippen molar-refractivity contribution in [1.29, 1.82) is 0 Å². The first-order valence-corrected chi connectivity index (χ1v) is 15.7. The van der Waals surface area contributed by atoms with Crippen molar-refractivity contribution < 1.29 is 23.4 Å². The molecule has 1 aliphatic rings. The fraction of sp³-hybridized carbons (Fsp3) is 0.310. The Labute approximate surface area is 284 Å². The summed E-state index contributed by atoms with van der Waals surface area (Å²) >= 11 is 33.7. The maximum Gasteiger partial charge on any atom is 0.416 e. The summed E-state index contributed by atoms with van der Waals surface area (Å²) in [5.41, 5.74) is 0.534. The molecule has 1 fully saturated rings. The fourth-order valence-electron chi connectivity index (χ4n) is 4.28. The number of thiocarbonyl (C=S) groups is 2. The summed E-state index contributed by atoms with van der Waals surface area (Å²) in [4.78, 5) is 0. The fourth-order valence-corrected chi connectivity index (χ4v) is 5.64. The van der Waals surface area contributed by atoms with E-state index in [9.17, 15) is 23.4 Å². The summed E-state index contributed by atoms with van der Waals surface area (Å²) in [6.45, 7) is 1.07. The van der Waals surface area contributed by atoms with Crippen molar-refractivity contribution in [3.8, 4) is 11.5 Å². The summed E-state index contributed by atoms with van der Waals surface area (Å²) in [7, 11) is 0. The minimum Gasteiger partial charge on any atom is -0.504 e. The highest BCUT2D eigenvalue weighted by atomic mass is 35.5. The molecule has 3 aromatic rings. The number of nitrogens with one attached hydrogen (secondary N) is 4. The van der Waals surface area contributed by atoms with Crippen molar-refractivity contribution in [2.24, 2.45) is 5.92 Å². The minimum absolute atomic E-state index is 0.0436. The highest BCUT2D eigenvalue weighted by Crippen LogP contribution is 2.36. The molecule has 4 rings (SSSR count). The zero-order valence-corrected chi connectivity index (χ0v) is 27.7. The number of hydrogen-bond acceptors (Lipinski definition) is 4. The molecule has 1 aliphatic carbocycles. The zero-order chi connectivity index (χ0) is 32.4. The molecule has 0 amide bonds. The first kappa shape index (κ1) is 36.1. The maximum absolute atomic E-state index is 12.5. The monoisotopic (exact) mass is 726 g/mol. The highest BCUT2D eigenvalue weighted by molar-refractivity contribution is 7.80. The maximum atomic E-state index is 12.5. The van der Waals surface area contributed by atoms with E-state index >= 15 is 0 Å². The third-order valence-corrected chi connectivity index (χ3v) is 8.07. The van der Waals surface area contributed by atoms with Crippen molar-refractivity contribution in [2.75, 3.05) is 17.2 Å². The Morgan fingerprint density at radius 3 is 1.70 bits per heavy atom. The van der Waals surface area contributed by atoms with Crippen LogP contribution in [0.5, 0.6) is 11.5 Å². The van der Waals surface area contributed by atoms with Gasteiger partial charge in [0, 0.05) is 23.1 Å². The van der Waals surface area contributed by atoms with Crippen LogP contribution in [0.2, 0.25) is 20.1 Å². The Balaban J connectivity index is 0.000000244. The number of phenolic OH excluding ortho intramolecular Hbond substituents is 2. The normalized spacial score (nSPS) is 13.3.